The molecule has 0 aliphatic carbocycles. The third-order valence-electron chi connectivity index (χ3n) is 2.02. The molecule has 0 radical (unpaired) electrons. The maximum Gasteiger partial charge on any atom is 0.337 e. The molecule has 1 aromatic rings. The van der Waals surface area contributed by atoms with Gasteiger partial charge in [-0.05, 0) is 19.1 Å². The van der Waals surface area contributed by atoms with Gasteiger partial charge in [0, 0.05) is 6.20 Å². The Morgan fingerprint density at radius 2 is 2.06 bits per heavy atom. The predicted molar refractivity (Wildman–Crippen MR) is 61.1 cm³/mol. The molecule has 0 saturated carbocycles. The van der Waals surface area contributed by atoms with E-state index in [1.807, 2.05) is 0 Å². The van der Waals surface area contributed by atoms with Crippen LogP contribution >= 0.6 is 0 Å². The van der Waals surface area contributed by atoms with E-state index < -0.39 is 5.97 Å². The second kappa shape index (κ2) is 5.34. The van der Waals surface area contributed by atoms with E-state index in [9.17, 15) is 4.79 Å². The first-order chi connectivity index (χ1) is 8.08. The summed E-state index contributed by atoms with van der Waals surface area (Å²) in [6.07, 6.45) is 1.18. The summed E-state index contributed by atoms with van der Waals surface area (Å²) >= 11 is 0. The lowest BCUT2D eigenvalue weighted by Crippen LogP contribution is -2.03. The molecule has 0 heterocycles. The topological polar surface area (TPSA) is 96.9 Å². The number of aromatic carboxylic acids is 1. The molecule has 17 heavy (non-hydrogen) atoms. The summed E-state index contributed by atoms with van der Waals surface area (Å²) < 4.78 is 0. The fourth-order valence-electron chi connectivity index (χ4n) is 1.20. The molecule has 5 nitrogen and oxygen atoms in total. The molecule has 0 saturated heterocycles. The monoisotopic (exact) mass is 227 g/mol. The van der Waals surface area contributed by atoms with Crippen molar-refractivity contribution in [3.8, 4) is 12.1 Å². The molecule has 0 atom stereocenters. The second-order valence-electron chi connectivity index (χ2n) is 3.28. The summed E-state index contributed by atoms with van der Waals surface area (Å²) in [5.74, 6) is -1.07. The van der Waals surface area contributed by atoms with Crippen LogP contribution in [0.15, 0.2) is 30.0 Å². The van der Waals surface area contributed by atoms with Crippen molar-refractivity contribution >= 4 is 11.7 Å². The van der Waals surface area contributed by atoms with Crippen LogP contribution in [0.5, 0.6) is 0 Å². The maximum absolute atomic E-state index is 11.0. The van der Waals surface area contributed by atoms with Gasteiger partial charge in [-0.25, -0.2) is 4.79 Å². The minimum absolute atomic E-state index is 0.0940. The summed E-state index contributed by atoms with van der Waals surface area (Å²) in [7, 11) is 0. The van der Waals surface area contributed by atoms with Gasteiger partial charge in [0.25, 0.3) is 0 Å². The zero-order valence-corrected chi connectivity index (χ0v) is 9.06. The quantitative estimate of drug-likeness (QED) is 0.770. The summed E-state index contributed by atoms with van der Waals surface area (Å²) in [5.41, 5.74) is 1.13. The first-order valence-corrected chi connectivity index (χ1v) is 4.69. The highest BCUT2D eigenvalue weighted by atomic mass is 16.4. The standard InChI is InChI=1S/C12H9N3O2/c1-8-2-3-11(10(4-8)12(16)17)15-7-9(5-13)6-14/h2-4,7,15H,1H3,(H,16,17). The molecule has 0 aromatic heterocycles. The Morgan fingerprint density at radius 1 is 1.41 bits per heavy atom. The van der Waals surface area contributed by atoms with Crippen LogP contribution in [0.1, 0.15) is 15.9 Å². The minimum Gasteiger partial charge on any atom is -0.478 e. The molecule has 0 bridgehead atoms. The number of carboxylic acids is 1. The number of carbonyl (C=O) groups is 1. The van der Waals surface area contributed by atoms with Crippen molar-refractivity contribution in [2.45, 2.75) is 6.92 Å². The molecule has 0 spiro atoms. The lowest BCUT2D eigenvalue weighted by molar-refractivity contribution is 0.0698. The average Bonchev–Trinajstić information content (AvgIpc) is 2.31. The number of allylic oxidation sites excluding steroid dienone is 1. The van der Waals surface area contributed by atoms with Crippen LogP contribution in [-0.4, -0.2) is 11.1 Å². The van der Waals surface area contributed by atoms with Crippen LogP contribution in [0.3, 0.4) is 0 Å². The molecule has 0 fully saturated rings. The molecule has 1 aromatic carbocycles. The highest BCUT2D eigenvalue weighted by Gasteiger charge is 2.09. The van der Waals surface area contributed by atoms with E-state index in [1.54, 1.807) is 31.2 Å². The number of hydrogen-bond donors (Lipinski definition) is 2. The average molecular weight is 227 g/mol. The molecule has 84 valence electrons. The van der Waals surface area contributed by atoms with Gasteiger partial charge in [-0.2, -0.15) is 10.5 Å². The Labute approximate surface area is 98.2 Å². The van der Waals surface area contributed by atoms with Crippen molar-refractivity contribution in [1.82, 2.24) is 0 Å². The Kier molecular flexibility index (Phi) is 3.86. The Bertz CT molecular complexity index is 546. The van der Waals surface area contributed by atoms with Crippen LogP contribution in [0.4, 0.5) is 5.69 Å². The van der Waals surface area contributed by atoms with E-state index in [4.69, 9.17) is 15.6 Å². The number of nitriles is 2. The Hall–Kier alpha value is -2.79. The van der Waals surface area contributed by atoms with Gasteiger partial charge in [0.05, 0.1) is 11.3 Å². The van der Waals surface area contributed by atoms with E-state index in [0.29, 0.717) is 5.69 Å². The SMILES string of the molecule is Cc1ccc(NC=C(C#N)C#N)c(C(=O)O)c1. The van der Waals surface area contributed by atoms with Crippen molar-refractivity contribution in [3.63, 3.8) is 0 Å². The number of benzene rings is 1. The number of carboxylic acid groups (broad SMARTS) is 1. The fourth-order valence-corrected chi connectivity index (χ4v) is 1.20. The number of nitrogens with one attached hydrogen (secondary N) is 1. The fraction of sp³-hybridized carbons (Fsp3) is 0.0833. The van der Waals surface area contributed by atoms with Gasteiger partial charge in [0.15, 0.2) is 0 Å². The first kappa shape index (κ1) is 12.3. The van der Waals surface area contributed by atoms with Crippen LogP contribution in [0.2, 0.25) is 0 Å². The number of rotatable bonds is 3. The van der Waals surface area contributed by atoms with Crippen LogP contribution in [0, 0.1) is 29.6 Å². The molecular weight excluding hydrogens is 218 g/mol. The highest BCUT2D eigenvalue weighted by molar-refractivity contribution is 5.94. The van der Waals surface area contributed by atoms with Gasteiger partial charge in [0.1, 0.15) is 17.7 Å². The molecule has 1 rings (SSSR count). The summed E-state index contributed by atoms with van der Waals surface area (Å²) in [4.78, 5) is 11.0. The van der Waals surface area contributed by atoms with E-state index in [1.165, 1.54) is 12.3 Å². The van der Waals surface area contributed by atoms with E-state index in [-0.39, 0.29) is 11.1 Å². The van der Waals surface area contributed by atoms with Crippen molar-refractivity contribution in [1.29, 1.82) is 10.5 Å². The lowest BCUT2D eigenvalue weighted by atomic mass is 10.1. The van der Waals surface area contributed by atoms with Crippen molar-refractivity contribution < 1.29 is 9.90 Å². The van der Waals surface area contributed by atoms with Crippen LogP contribution in [-0.2, 0) is 0 Å². The molecule has 2 N–H and O–H groups in total. The van der Waals surface area contributed by atoms with Gasteiger partial charge < -0.3 is 10.4 Å². The van der Waals surface area contributed by atoms with Gasteiger partial charge in [-0.15, -0.1) is 0 Å². The van der Waals surface area contributed by atoms with Gasteiger partial charge in [-0.1, -0.05) is 11.6 Å². The van der Waals surface area contributed by atoms with Gasteiger partial charge >= 0.3 is 5.97 Å². The normalized spacial score (nSPS) is 8.65. The Morgan fingerprint density at radius 3 is 2.59 bits per heavy atom. The second-order valence-corrected chi connectivity index (χ2v) is 3.28. The molecule has 0 amide bonds. The smallest absolute Gasteiger partial charge is 0.337 e. The molecule has 0 unspecified atom stereocenters. The van der Waals surface area contributed by atoms with Crippen molar-refractivity contribution in [3.05, 3.63) is 41.1 Å². The van der Waals surface area contributed by atoms with Crippen LogP contribution < -0.4 is 5.32 Å². The van der Waals surface area contributed by atoms with Crippen molar-refractivity contribution in [2.24, 2.45) is 0 Å². The number of aryl methyl sites for hydroxylation is 1. The molecule has 0 aliphatic heterocycles. The zero-order valence-electron chi connectivity index (χ0n) is 9.06. The summed E-state index contributed by atoms with van der Waals surface area (Å²) in [5, 5.41) is 28.7. The third kappa shape index (κ3) is 3.08. The van der Waals surface area contributed by atoms with E-state index in [0.717, 1.165) is 5.56 Å². The predicted octanol–water partition coefficient (Wildman–Crippen LogP) is 2.04. The number of anilines is 1. The van der Waals surface area contributed by atoms with E-state index >= 15 is 0 Å². The zero-order chi connectivity index (χ0) is 12.8. The highest BCUT2D eigenvalue weighted by Crippen LogP contribution is 2.17. The molecular formula is C12H9N3O2. The number of nitrogens with zero attached hydrogens (tertiary/aromatic N) is 2. The molecule has 5 heteroatoms. The summed E-state index contributed by atoms with van der Waals surface area (Å²) in [6.45, 7) is 1.78. The number of hydrogen-bond acceptors (Lipinski definition) is 4. The first-order valence-electron chi connectivity index (χ1n) is 4.69. The van der Waals surface area contributed by atoms with Gasteiger partial charge in [-0.3, -0.25) is 0 Å². The minimum atomic E-state index is -1.07. The Balaban J connectivity index is 3.09. The van der Waals surface area contributed by atoms with Crippen LogP contribution in [0.25, 0.3) is 0 Å². The summed E-state index contributed by atoms with van der Waals surface area (Å²) in [6, 6.07) is 8.18. The largest absolute Gasteiger partial charge is 0.478 e. The van der Waals surface area contributed by atoms with Crippen molar-refractivity contribution in [2.75, 3.05) is 5.32 Å². The maximum atomic E-state index is 11.0. The van der Waals surface area contributed by atoms with E-state index in [2.05, 4.69) is 5.32 Å². The third-order valence-corrected chi connectivity index (χ3v) is 2.02. The van der Waals surface area contributed by atoms with Gasteiger partial charge in [0.2, 0.25) is 0 Å². The lowest BCUT2D eigenvalue weighted by Gasteiger charge is -2.06. The molecule has 0 aliphatic rings.